The predicted molar refractivity (Wildman–Crippen MR) is 72.3 cm³/mol. The molecule has 0 aliphatic rings. The first-order valence-electron chi connectivity index (χ1n) is 5.36. The van der Waals surface area contributed by atoms with Gasteiger partial charge in [0.1, 0.15) is 10.8 Å². The summed E-state index contributed by atoms with van der Waals surface area (Å²) in [7, 11) is 1.68. The molecule has 5 heteroatoms. The smallest absolute Gasteiger partial charge is 0.147 e. The quantitative estimate of drug-likeness (QED) is 0.799. The van der Waals surface area contributed by atoms with Crippen molar-refractivity contribution in [2.24, 2.45) is 0 Å². The molecule has 3 N–H and O–H groups in total. The molecular weight excluding hydrogens is 234 g/mol. The summed E-state index contributed by atoms with van der Waals surface area (Å²) in [6, 6.07) is 10.0. The molecular formula is C12H15N3OS. The molecule has 2 rings (SSSR count). The summed E-state index contributed by atoms with van der Waals surface area (Å²) < 4.78 is 9.19. The molecule has 1 aromatic heterocycles. The van der Waals surface area contributed by atoms with Gasteiger partial charge in [0.15, 0.2) is 0 Å². The number of ether oxygens (including phenoxy) is 1. The molecule has 1 heterocycles. The van der Waals surface area contributed by atoms with E-state index >= 15 is 0 Å². The van der Waals surface area contributed by atoms with Crippen molar-refractivity contribution in [2.45, 2.75) is 0 Å². The topological polar surface area (TPSA) is 60.2 Å². The molecule has 4 nitrogen and oxygen atoms in total. The Balaban J connectivity index is 2.24. The molecule has 0 spiro atoms. The van der Waals surface area contributed by atoms with Gasteiger partial charge in [-0.2, -0.15) is 4.37 Å². The second-order valence-electron chi connectivity index (χ2n) is 3.56. The first kappa shape index (κ1) is 11.9. The van der Waals surface area contributed by atoms with Crippen molar-refractivity contribution in [1.82, 2.24) is 4.37 Å². The molecule has 17 heavy (non-hydrogen) atoms. The normalized spacial score (nSPS) is 10.4. The number of nitrogens with one attached hydrogen (secondary N) is 1. The van der Waals surface area contributed by atoms with Crippen LogP contribution in [-0.2, 0) is 4.74 Å². The van der Waals surface area contributed by atoms with Gasteiger partial charge in [-0.05, 0) is 17.1 Å². The molecule has 2 aromatic rings. The SMILES string of the molecule is COCCNc1snc(N)c1-c1ccccc1. The van der Waals surface area contributed by atoms with E-state index < -0.39 is 0 Å². The zero-order valence-corrected chi connectivity index (χ0v) is 10.5. The number of benzene rings is 1. The van der Waals surface area contributed by atoms with Gasteiger partial charge in [0.25, 0.3) is 0 Å². The summed E-state index contributed by atoms with van der Waals surface area (Å²) >= 11 is 1.38. The van der Waals surface area contributed by atoms with Gasteiger partial charge in [-0.1, -0.05) is 30.3 Å². The number of nitrogens with zero attached hydrogens (tertiary/aromatic N) is 1. The van der Waals surface area contributed by atoms with E-state index in [9.17, 15) is 0 Å². The Kier molecular flexibility index (Phi) is 3.95. The summed E-state index contributed by atoms with van der Waals surface area (Å²) in [5, 5.41) is 4.28. The maximum Gasteiger partial charge on any atom is 0.147 e. The van der Waals surface area contributed by atoms with Crippen LogP contribution >= 0.6 is 11.5 Å². The number of methoxy groups -OCH3 is 1. The molecule has 0 saturated heterocycles. The van der Waals surface area contributed by atoms with Crippen molar-refractivity contribution >= 4 is 22.4 Å². The second kappa shape index (κ2) is 5.65. The zero-order valence-electron chi connectivity index (χ0n) is 9.64. The summed E-state index contributed by atoms with van der Waals surface area (Å²) in [5.74, 6) is 0.570. The van der Waals surface area contributed by atoms with Crippen LogP contribution in [-0.4, -0.2) is 24.6 Å². The van der Waals surface area contributed by atoms with Crippen LogP contribution in [0.15, 0.2) is 30.3 Å². The first-order valence-corrected chi connectivity index (χ1v) is 6.13. The molecule has 1 aromatic carbocycles. The highest BCUT2D eigenvalue weighted by Gasteiger charge is 2.12. The van der Waals surface area contributed by atoms with E-state index in [1.165, 1.54) is 11.5 Å². The first-order chi connectivity index (χ1) is 8.33. The maximum atomic E-state index is 5.91. The summed E-state index contributed by atoms with van der Waals surface area (Å²) in [5.41, 5.74) is 7.97. The highest BCUT2D eigenvalue weighted by Crippen LogP contribution is 2.36. The Labute approximate surface area is 105 Å². The van der Waals surface area contributed by atoms with Crippen LogP contribution in [0.1, 0.15) is 0 Å². The molecule has 0 aliphatic carbocycles. The van der Waals surface area contributed by atoms with E-state index in [0.717, 1.165) is 22.7 Å². The Morgan fingerprint density at radius 1 is 1.35 bits per heavy atom. The summed E-state index contributed by atoms with van der Waals surface area (Å²) in [4.78, 5) is 0. The van der Waals surface area contributed by atoms with Crippen LogP contribution in [0.2, 0.25) is 0 Å². The Morgan fingerprint density at radius 2 is 2.12 bits per heavy atom. The van der Waals surface area contributed by atoms with Crippen molar-refractivity contribution in [2.75, 3.05) is 31.3 Å². The number of hydrogen-bond donors (Lipinski definition) is 2. The lowest BCUT2D eigenvalue weighted by atomic mass is 10.1. The van der Waals surface area contributed by atoms with E-state index in [4.69, 9.17) is 10.5 Å². The van der Waals surface area contributed by atoms with Gasteiger partial charge in [0.2, 0.25) is 0 Å². The van der Waals surface area contributed by atoms with E-state index in [1.807, 2.05) is 30.3 Å². The number of hydrogen-bond acceptors (Lipinski definition) is 5. The van der Waals surface area contributed by atoms with Crippen molar-refractivity contribution in [3.8, 4) is 11.1 Å². The number of nitrogen functional groups attached to an aromatic ring is 1. The van der Waals surface area contributed by atoms with Crippen molar-refractivity contribution in [3.63, 3.8) is 0 Å². The van der Waals surface area contributed by atoms with Gasteiger partial charge >= 0.3 is 0 Å². The minimum Gasteiger partial charge on any atom is -0.383 e. The zero-order chi connectivity index (χ0) is 12.1. The standard InChI is InChI=1S/C12H15N3OS/c1-16-8-7-14-12-10(11(13)15-17-12)9-5-3-2-4-6-9/h2-6,14H,7-8H2,1H3,(H2,13,15). The number of aromatic nitrogens is 1. The van der Waals surface area contributed by atoms with Gasteiger partial charge in [-0.15, -0.1) is 0 Å². The number of anilines is 2. The van der Waals surface area contributed by atoms with E-state index in [1.54, 1.807) is 7.11 Å². The third-order valence-corrected chi connectivity index (χ3v) is 3.19. The molecule has 0 saturated carbocycles. The predicted octanol–water partition coefficient (Wildman–Crippen LogP) is 2.45. The third kappa shape index (κ3) is 2.75. The van der Waals surface area contributed by atoms with E-state index in [-0.39, 0.29) is 0 Å². The minimum absolute atomic E-state index is 0.570. The largest absolute Gasteiger partial charge is 0.383 e. The summed E-state index contributed by atoms with van der Waals surface area (Å²) in [6.45, 7) is 1.41. The average Bonchev–Trinajstić information content (AvgIpc) is 2.72. The van der Waals surface area contributed by atoms with E-state index in [2.05, 4.69) is 9.69 Å². The molecule has 90 valence electrons. The van der Waals surface area contributed by atoms with Crippen LogP contribution in [0.5, 0.6) is 0 Å². The number of rotatable bonds is 5. The molecule has 0 aliphatic heterocycles. The van der Waals surface area contributed by atoms with Crippen LogP contribution in [0.3, 0.4) is 0 Å². The molecule has 0 amide bonds. The van der Waals surface area contributed by atoms with Gasteiger partial charge in [0, 0.05) is 13.7 Å². The van der Waals surface area contributed by atoms with Crippen LogP contribution < -0.4 is 11.1 Å². The van der Waals surface area contributed by atoms with Gasteiger partial charge in [0.05, 0.1) is 12.2 Å². The van der Waals surface area contributed by atoms with Crippen molar-refractivity contribution < 1.29 is 4.74 Å². The molecule has 0 radical (unpaired) electrons. The lowest BCUT2D eigenvalue weighted by Gasteiger charge is -2.06. The summed E-state index contributed by atoms with van der Waals surface area (Å²) in [6.07, 6.45) is 0. The third-order valence-electron chi connectivity index (χ3n) is 2.37. The van der Waals surface area contributed by atoms with Crippen LogP contribution in [0.25, 0.3) is 11.1 Å². The van der Waals surface area contributed by atoms with Crippen molar-refractivity contribution in [3.05, 3.63) is 30.3 Å². The lowest BCUT2D eigenvalue weighted by molar-refractivity contribution is 0.211. The molecule has 0 unspecified atom stereocenters. The van der Waals surface area contributed by atoms with Gasteiger partial charge < -0.3 is 15.8 Å². The molecule has 0 bridgehead atoms. The monoisotopic (exact) mass is 249 g/mol. The van der Waals surface area contributed by atoms with Crippen LogP contribution in [0, 0.1) is 0 Å². The number of nitrogens with two attached hydrogens (primary N) is 1. The fourth-order valence-electron chi connectivity index (χ4n) is 1.57. The van der Waals surface area contributed by atoms with Gasteiger partial charge in [-0.3, -0.25) is 0 Å². The molecule has 0 atom stereocenters. The average molecular weight is 249 g/mol. The van der Waals surface area contributed by atoms with Gasteiger partial charge in [-0.25, -0.2) is 0 Å². The fraction of sp³-hybridized carbons (Fsp3) is 0.250. The Morgan fingerprint density at radius 3 is 2.82 bits per heavy atom. The minimum atomic E-state index is 0.570. The lowest BCUT2D eigenvalue weighted by Crippen LogP contribution is -2.07. The highest BCUT2D eigenvalue weighted by atomic mass is 32.1. The van der Waals surface area contributed by atoms with Crippen LogP contribution in [0.4, 0.5) is 10.8 Å². The Hall–Kier alpha value is -1.59. The van der Waals surface area contributed by atoms with Crippen molar-refractivity contribution in [1.29, 1.82) is 0 Å². The maximum absolute atomic E-state index is 5.91. The molecule has 0 fully saturated rings. The Bertz CT molecular complexity index is 470. The highest BCUT2D eigenvalue weighted by molar-refractivity contribution is 7.11. The second-order valence-corrected chi connectivity index (χ2v) is 4.33. The van der Waals surface area contributed by atoms with E-state index in [0.29, 0.717) is 12.4 Å². The fourth-order valence-corrected chi connectivity index (χ4v) is 2.33.